The minimum absolute atomic E-state index is 0.0622. The fraction of sp³-hybridized carbons (Fsp3) is 0.190. The van der Waals surface area contributed by atoms with Crippen LogP contribution < -0.4 is 4.72 Å². The van der Waals surface area contributed by atoms with E-state index in [-0.39, 0.29) is 11.1 Å². The molecule has 0 aromatic carbocycles. The zero-order valence-electron chi connectivity index (χ0n) is 16.2. The van der Waals surface area contributed by atoms with E-state index in [2.05, 4.69) is 20.8 Å². The summed E-state index contributed by atoms with van der Waals surface area (Å²) in [6, 6.07) is 8.92. The number of pyridine rings is 2. The highest BCUT2D eigenvalue weighted by atomic mass is 32.2. The molecule has 0 spiro atoms. The standard InChI is InChI=1S/C21H19N5O2S/c1-13(2)25-29(27,28)19-10-8-15(12-23-19)20-18(11-22)17-9-7-14(3)24-21(17)26(20)16-5-4-6-16/h4-10,12-13,25H,1-3H3. The van der Waals surface area contributed by atoms with Gasteiger partial charge in [0.15, 0.2) is 5.03 Å². The van der Waals surface area contributed by atoms with Crippen molar-refractivity contribution in [3.05, 3.63) is 59.9 Å². The number of hydrogen-bond donors (Lipinski definition) is 1. The Labute approximate surface area is 169 Å². The lowest BCUT2D eigenvalue weighted by Crippen LogP contribution is -2.30. The second kappa shape index (κ2) is 6.95. The normalized spacial score (nSPS) is 13.4. The minimum atomic E-state index is -3.69. The van der Waals surface area contributed by atoms with Crippen molar-refractivity contribution in [2.45, 2.75) is 31.8 Å². The molecular weight excluding hydrogens is 386 g/mol. The Hall–Kier alpha value is -3.28. The van der Waals surface area contributed by atoms with Crippen molar-refractivity contribution in [1.29, 1.82) is 5.26 Å². The molecule has 0 saturated carbocycles. The van der Waals surface area contributed by atoms with Crippen LogP contribution in [-0.2, 0) is 10.0 Å². The van der Waals surface area contributed by atoms with Gasteiger partial charge in [-0.1, -0.05) is 6.08 Å². The van der Waals surface area contributed by atoms with Gasteiger partial charge in [-0.2, -0.15) is 5.26 Å². The Morgan fingerprint density at radius 3 is 2.52 bits per heavy atom. The Bertz CT molecular complexity index is 1320. The molecule has 0 aliphatic heterocycles. The van der Waals surface area contributed by atoms with Gasteiger partial charge < -0.3 is 0 Å². The SMILES string of the molecule is Cc1ccc2c(C#N)c(-c3ccc(S(=O)(=O)NC(C)C)nc3)n(C3=CC=C3)c2n1. The molecule has 146 valence electrons. The second-order valence-corrected chi connectivity index (χ2v) is 8.77. The molecule has 29 heavy (non-hydrogen) atoms. The first-order chi connectivity index (χ1) is 13.8. The Morgan fingerprint density at radius 2 is 1.97 bits per heavy atom. The van der Waals surface area contributed by atoms with E-state index in [0.29, 0.717) is 22.5 Å². The average Bonchev–Trinajstić information content (AvgIpc) is 2.93. The maximum atomic E-state index is 12.4. The maximum Gasteiger partial charge on any atom is 0.258 e. The van der Waals surface area contributed by atoms with Crippen LogP contribution in [0.4, 0.5) is 0 Å². The first kappa shape index (κ1) is 19.1. The van der Waals surface area contributed by atoms with Crippen LogP contribution in [0, 0.1) is 18.3 Å². The summed E-state index contributed by atoms with van der Waals surface area (Å²) in [4.78, 5) is 8.79. The first-order valence-electron chi connectivity index (χ1n) is 9.11. The molecule has 1 aliphatic rings. The van der Waals surface area contributed by atoms with E-state index in [0.717, 1.165) is 16.8 Å². The number of hydrogen-bond acceptors (Lipinski definition) is 5. The summed E-state index contributed by atoms with van der Waals surface area (Å²) in [6.45, 7) is 5.40. The zero-order chi connectivity index (χ0) is 20.8. The lowest BCUT2D eigenvalue weighted by atomic mass is 10.1. The number of rotatable bonds is 5. The van der Waals surface area contributed by atoms with Crippen molar-refractivity contribution in [2.75, 3.05) is 0 Å². The van der Waals surface area contributed by atoms with Crippen LogP contribution in [0.15, 0.2) is 53.7 Å². The van der Waals surface area contributed by atoms with Gasteiger partial charge in [0, 0.05) is 34.6 Å². The molecule has 8 heteroatoms. The maximum absolute atomic E-state index is 12.4. The Morgan fingerprint density at radius 1 is 1.21 bits per heavy atom. The van der Waals surface area contributed by atoms with E-state index < -0.39 is 10.0 Å². The fourth-order valence-electron chi connectivity index (χ4n) is 3.27. The smallest absolute Gasteiger partial charge is 0.258 e. The minimum Gasteiger partial charge on any atom is -0.292 e. The molecule has 0 radical (unpaired) electrons. The van der Waals surface area contributed by atoms with Crippen LogP contribution >= 0.6 is 0 Å². The molecular formula is C21H19N5O2S. The number of aromatic nitrogens is 3. The lowest BCUT2D eigenvalue weighted by molar-refractivity contribution is 0.566. The molecule has 4 rings (SSSR count). The van der Waals surface area contributed by atoms with Gasteiger partial charge in [-0.15, -0.1) is 0 Å². The quantitative estimate of drug-likeness (QED) is 0.701. The zero-order valence-corrected chi connectivity index (χ0v) is 17.0. The van der Waals surface area contributed by atoms with E-state index in [4.69, 9.17) is 0 Å². The third-order valence-electron chi connectivity index (χ3n) is 4.54. The van der Waals surface area contributed by atoms with E-state index in [1.54, 1.807) is 19.9 Å². The molecule has 0 amide bonds. The summed E-state index contributed by atoms with van der Waals surface area (Å²) in [5.74, 6) is 0. The first-order valence-corrected chi connectivity index (χ1v) is 10.6. The summed E-state index contributed by atoms with van der Waals surface area (Å²) < 4.78 is 29.2. The summed E-state index contributed by atoms with van der Waals surface area (Å²) in [7, 11) is -3.69. The number of sulfonamides is 1. The Kier molecular flexibility index (Phi) is 4.57. The van der Waals surface area contributed by atoms with Crippen molar-refractivity contribution in [1.82, 2.24) is 19.3 Å². The molecule has 0 unspecified atom stereocenters. The fourth-order valence-corrected chi connectivity index (χ4v) is 4.45. The largest absolute Gasteiger partial charge is 0.292 e. The van der Waals surface area contributed by atoms with Gasteiger partial charge in [0.1, 0.15) is 11.7 Å². The molecule has 3 aromatic heterocycles. The molecule has 0 saturated heterocycles. The summed E-state index contributed by atoms with van der Waals surface area (Å²) >= 11 is 0. The molecule has 3 heterocycles. The monoisotopic (exact) mass is 405 g/mol. The summed E-state index contributed by atoms with van der Waals surface area (Å²) in [6.07, 6.45) is 7.27. The van der Waals surface area contributed by atoms with Crippen molar-refractivity contribution >= 4 is 26.8 Å². The predicted octanol–water partition coefficient (Wildman–Crippen LogP) is 3.38. The van der Waals surface area contributed by atoms with Gasteiger partial charge in [0.2, 0.25) is 0 Å². The van der Waals surface area contributed by atoms with Crippen LogP contribution in [0.3, 0.4) is 0 Å². The predicted molar refractivity (Wildman–Crippen MR) is 111 cm³/mol. The molecule has 1 N–H and O–H groups in total. The summed E-state index contributed by atoms with van der Waals surface area (Å²) in [5, 5.41) is 10.5. The number of fused-ring (bicyclic) bond motifs is 1. The molecule has 3 aromatic rings. The average molecular weight is 405 g/mol. The molecule has 1 aliphatic carbocycles. The molecule has 0 bridgehead atoms. The molecule has 0 fully saturated rings. The van der Waals surface area contributed by atoms with Gasteiger partial charge in [-0.3, -0.25) is 4.57 Å². The second-order valence-electron chi connectivity index (χ2n) is 7.11. The van der Waals surface area contributed by atoms with Crippen LogP contribution in [0.2, 0.25) is 0 Å². The topological polar surface area (TPSA) is 101 Å². The van der Waals surface area contributed by atoms with Gasteiger partial charge >= 0.3 is 0 Å². The Balaban J connectivity index is 1.91. The van der Waals surface area contributed by atoms with Crippen LogP contribution in [0.25, 0.3) is 28.0 Å². The van der Waals surface area contributed by atoms with Crippen molar-refractivity contribution < 1.29 is 8.42 Å². The van der Waals surface area contributed by atoms with Crippen LogP contribution in [-0.4, -0.2) is 29.0 Å². The number of aryl methyl sites for hydroxylation is 1. The van der Waals surface area contributed by atoms with Crippen molar-refractivity contribution in [3.63, 3.8) is 0 Å². The summed E-state index contributed by atoms with van der Waals surface area (Å²) in [5.41, 5.74) is 4.20. The van der Waals surface area contributed by atoms with Crippen molar-refractivity contribution in [2.24, 2.45) is 0 Å². The lowest BCUT2D eigenvalue weighted by Gasteiger charge is -2.15. The van der Waals surface area contributed by atoms with E-state index in [1.807, 2.05) is 41.9 Å². The third-order valence-corrected chi connectivity index (χ3v) is 6.11. The number of nitrogens with one attached hydrogen (secondary N) is 1. The highest BCUT2D eigenvalue weighted by Crippen LogP contribution is 2.36. The molecule has 7 nitrogen and oxygen atoms in total. The van der Waals surface area contributed by atoms with E-state index >= 15 is 0 Å². The molecule has 0 atom stereocenters. The third kappa shape index (κ3) is 3.24. The van der Waals surface area contributed by atoms with Gasteiger partial charge in [-0.05, 0) is 57.2 Å². The van der Waals surface area contributed by atoms with Gasteiger partial charge in [0.25, 0.3) is 10.0 Å². The van der Waals surface area contributed by atoms with E-state index in [1.165, 1.54) is 12.3 Å². The van der Waals surface area contributed by atoms with Crippen LogP contribution in [0.5, 0.6) is 0 Å². The van der Waals surface area contributed by atoms with Gasteiger partial charge in [-0.25, -0.2) is 23.1 Å². The van der Waals surface area contributed by atoms with Crippen molar-refractivity contribution in [3.8, 4) is 17.3 Å². The highest BCUT2D eigenvalue weighted by molar-refractivity contribution is 7.89. The van der Waals surface area contributed by atoms with E-state index in [9.17, 15) is 13.7 Å². The van der Waals surface area contributed by atoms with Gasteiger partial charge in [0.05, 0.1) is 11.3 Å². The number of nitriles is 1. The highest BCUT2D eigenvalue weighted by Gasteiger charge is 2.24. The van der Waals surface area contributed by atoms with Crippen LogP contribution in [0.1, 0.15) is 25.1 Å². The number of nitrogens with zero attached hydrogens (tertiary/aromatic N) is 4. The number of allylic oxidation sites excluding steroid dienone is 4.